The second-order valence-electron chi connectivity index (χ2n) is 6.92. The Morgan fingerprint density at radius 3 is 2.52 bits per heavy atom. The minimum atomic E-state index is 0.0802. The third kappa shape index (κ3) is 4.46. The van der Waals surface area contributed by atoms with Crippen LogP contribution in [-0.4, -0.2) is 47.3 Å². The van der Waals surface area contributed by atoms with Crippen molar-refractivity contribution >= 4 is 5.91 Å². The molecule has 0 spiro atoms. The Morgan fingerprint density at radius 2 is 1.92 bits per heavy atom. The van der Waals surface area contributed by atoms with Crippen molar-refractivity contribution in [2.75, 3.05) is 26.7 Å². The molecule has 6 heteroatoms. The zero-order chi connectivity index (χ0) is 17.8. The van der Waals surface area contributed by atoms with Gasteiger partial charge in [0.05, 0.1) is 12.2 Å². The summed E-state index contributed by atoms with van der Waals surface area (Å²) in [6.07, 6.45) is 1.01. The number of rotatable bonds is 6. The van der Waals surface area contributed by atoms with Gasteiger partial charge in [-0.3, -0.25) is 20.3 Å². The highest BCUT2D eigenvalue weighted by molar-refractivity contribution is 5.94. The summed E-state index contributed by atoms with van der Waals surface area (Å²) >= 11 is 0. The lowest BCUT2D eigenvalue weighted by molar-refractivity contribution is 0.0788. The molecule has 1 saturated heterocycles. The van der Waals surface area contributed by atoms with Gasteiger partial charge in [-0.1, -0.05) is 12.1 Å². The minimum Gasteiger partial charge on any atom is -0.342 e. The van der Waals surface area contributed by atoms with Gasteiger partial charge in [-0.15, -0.1) is 0 Å². The van der Waals surface area contributed by atoms with E-state index in [-0.39, 0.29) is 5.91 Å². The Hall–Kier alpha value is -2.18. The molecule has 3 rings (SSSR count). The predicted octanol–water partition coefficient (Wildman–Crippen LogP) is 1.73. The number of nitrogens with one attached hydrogen (secondary N) is 2. The van der Waals surface area contributed by atoms with Crippen molar-refractivity contribution in [1.82, 2.24) is 25.5 Å². The average molecular weight is 341 g/mol. The van der Waals surface area contributed by atoms with Gasteiger partial charge in [0.1, 0.15) is 0 Å². The third-order valence-electron chi connectivity index (χ3n) is 4.76. The molecule has 1 fully saturated rings. The van der Waals surface area contributed by atoms with Gasteiger partial charge in [0, 0.05) is 37.9 Å². The van der Waals surface area contributed by atoms with Gasteiger partial charge in [0.15, 0.2) is 0 Å². The lowest BCUT2D eigenvalue weighted by Crippen LogP contribution is -2.29. The lowest BCUT2D eigenvalue weighted by atomic mass is 10.1. The van der Waals surface area contributed by atoms with E-state index in [1.807, 2.05) is 47.8 Å². The third-order valence-corrected chi connectivity index (χ3v) is 4.76. The number of hydrazine groups is 1. The second-order valence-corrected chi connectivity index (χ2v) is 6.92. The van der Waals surface area contributed by atoms with E-state index >= 15 is 0 Å². The summed E-state index contributed by atoms with van der Waals surface area (Å²) in [6, 6.07) is 9.93. The molecule has 0 bridgehead atoms. The molecule has 2 aromatic rings. The molecular formula is C19H27N5O. The smallest absolute Gasteiger partial charge is 0.253 e. The number of hydrogen-bond acceptors (Lipinski definition) is 4. The van der Waals surface area contributed by atoms with Crippen molar-refractivity contribution in [2.45, 2.75) is 26.8 Å². The molecule has 1 aliphatic rings. The van der Waals surface area contributed by atoms with E-state index in [9.17, 15) is 4.79 Å². The van der Waals surface area contributed by atoms with Gasteiger partial charge in [-0.25, -0.2) is 0 Å². The first kappa shape index (κ1) is 17.6. The van der Waals surface area contributed by atoms with E-state index < -0.39 is 0 Å². The Balaban J connectivity index is 1.57. The quantitative estimate of drug-likeness (QED) is 0.840. The molecule has 0 unspecified atom stereocenters. The maximum absolute atomic E-state index is 12.6. The topological polar surface area (TPSA) is 62.2 Å². The molecule has 2 N–H and O–H groups in total. The van der Waals surface area contributed by atoms with Crippen LogP contribution in [-0.2, 0) is 6.54 Å². The van der Waals surface area contributed by atoms with Gasteiger partial charge >= 0.3 is 0 Å². The van der Waals surface area contributed by atoms with Crippen LogP contribution in [0.5, 0.6) is 0 Å². The van der Waals surface area contributed by atoms with Crippen LogP contribution in [0.2, 0.25) is 0 Å². The minimum absolute atomic E-state index is 0.0802. The van der Waals surface area contributed by atoms with Gasteiger partial charge < -0.3 is 4.90 Å². The van der Waals surface area contributed by atoms with Crippen molar-refractivity contribution in [3.8, 4) is 0 Å². The molecule has 134 valence electrons. The molecule has 1 aromatic heterocycles. The molecule has 1 amide bonds. The van der Waals surface area contributed by atoms with Crippen LogP contribution in [0.15, 0.2) is 30.3 Å². The van der Waals surface area contributed by atoms with Crippen LogP contribution in [0.3, 0.4) is 0 Å². The van der Waals surface area contributed by atoms with Crippen LogP contribution in [0.1, 0.15) is 33.7 Å². The Morgan fingerprint density at radius 1 is 1.24 bits per heavy atom. The second kappa shape index (κ2) is 7.80. The summed E-state index contributed by atoms with van der Waals surface area (Å²) in [5.41, 5.74) is 10.3. The summed E-state index contributed by atoms with van der Waals surface area (Å²) in [5, 5.41) is 4.48. The molecule has 25 heavy (non-hydrogen) atoms. The molecule has 0 saturated carbocycles. The molecule has 1 aromatic carbocycles. The maximum atomic E-state index is 12.6. The van der Waals surface area contributed by atoms with Gasteiger partial charge in [-0.05, 0) is 49.9 Å². The van der Waals surface area contributed by atoms with Crippen molar-refractivity contribution in [3.05, 3.63) is 52.8 Å². The van der Waals surface area contributed by atoms with Crippen LogP contribution in [0, 0.1) is 19.8 Å². The van der Waals surface area contributed by atoms with Crippen LogP contribution in [0.25, 0.3) is 0 Å². The van der Waals surface area contributed by atoms with Crippen molar-refractivity contribution < 1.29 is 4.79 Å². The van der Waals surface area contributed by atoms with E-state index in [0.717, 1.165) is 55.1 Å². The monoisotopic (exact) mass is 341 g/mol. The molecule has 6 nitrogen and oxygen atoms in total. The SMILES string of the molecule is Cc1cc(C)n(Cc2ccc(C(=O)N(C)CCC3CNNC3)cc2)n1. The van der Waals surface area contributed by atoms with Gasteiger partial charge in [-0.2, -0.15) is 5.10 Å². The fourth-order valence-corrected chi connectivity index (χ4v) is 3.17. The summed E-state index contributed by atoms with van der Waals surface area (Å²) in [5.74, 6) is 0.676. The molecule has 2 heterocycles. The zero-order valence-electron chi connectivity index (χ0n) is 15.2. The Bertz CT molecular complexity index is 716. The number of aryl methyl sites for hydroxylation is 2. The first-order valence-corrected chi connectivity index (χ1v) is 8.84. The molecule has 0 radical (unpaired) electrons. The summed E-state index contributed by atoms with van der Waals surface area (Å²) < 4.78 is 1.99. The fourth-order valence-electron chi connectivity index (χ4n) is 3.17. The summed E-state index contributed by atoms with van der Waals surface area (Å²) in [7, 11) is 1.88. The van der Waals surface area contributed by atoms with E-state index in [1.165, 1.54) is 0 Å². The van der Waals surface area contributed by atoms with E-state index in [2.05, 4.69) is 28.9 Å². The van der Waals surface area contributed by atoms with Gasteiger partial charge in [0.2, 0.25) is 0 Å². The number of nitrogens with zero attached hydrogens (tertiary/aromatic N) is 3. The number of carbonyl (C=O) groups excluding carboxylic acids is 1. The normalized spacial score (nSPS) is 14.8. The van der Waals surface area contributed by atoms with Crippen LogP contribution >= 0.6 is 0 Å². The lowest BCUT2D eigenvalue weighted by Gasteiger charge is -2.19. The molecular weight excluding hydrogens is 314 g/mol. The van der Waals surface area contributed by atoms with Crippen molar-refractivity contribution in [1.29, 1.82) is 0 Å². The van der Waals surface area contributed by atoms with Crippen LogP contribution in [0.4, 0.5) is 0 Å². The first-order chi connectivity index (χ1) is 12.0. The summed E-state index contributed by atoms with van der Waals surface area (Å²) in [6.45, 7) is 7.51. The highest BCUT2D eigenvalue weighted by Gasteiger charge is 2.17. The van der Waals surface area contributed by atoms with E-state index in [1.54, 1.807) is 0 Å². The number of hydrogen-bond donors (Lipinski definition) is 2. The predicted molar refractivity (Wildman–Crippen MR) is 98.3 cm³/mol. The molecule has 0 atom stereocenters. The first-order valence-electron chi connectivity index (χ1n) is 8.84. The van der Waals surface area contributed by atoms with Crippen LogP contribution < -0.4 is 10.9 Å². The Kier molecular flexibility index (Phi) is 5.50. The van der Waals surface area contributed by atoms with E-state index in [4.69, 9.17) is 0 Å². The fraction of sp³-hybridized carbons (Fsp3) is 0.474. The average Bonchev–Trinajstić information content (AvgIpc) is 3.22. The summed E-state index contributed by atoms with van der Waals surface area (Å²) in [4.78, 5) is 14.4. The molecule has 0 aliphatic carbocycles. The van der Waals surface area contributed by atoms with Gasteiger partial charge in [0.25, 0.3) is 5.91 Å². The maximum Gasteiger partial charge on any atom is 0.253 e. The van der Waals surface area contributed by atoms with Crippen molar-refractivity contribution in [3.63, 3.8) is 0 Å². The number of aromatic nitrogens is 2. The molecule has 1 aliphatic heterocycles. The van der Waals surface area contributed by atoms with E-state index in [0.29, 0.717) is 5.92 Å². The largest absolute Gasteiger partial charge is 0.342 e. The standard InChI is InChI=1S/C19H27N5O/c1-14-10-15(2)24(22-14)13-16-4-6-18(7-5-16)19(25)23(3)9-8-17-11-20-21-12-17/h4-7,10,17,20-21H,8-9,11-13H2,1-3H3. The number of carbonyl (C=O) groups is 1. The number of benzene rings is 1. The highest BCUT2D eigenvalue weighted by atomic mass is 16.2. The highest BCUT2D eigenvalue weighted by Crippen LogP contribution is 2.12. The van der Waals surface area contributed by atoms with Crippen molar-refractivity contribution in [2.24, 2.45) is 5.92 Å². The number of amides is 1. The zero-order valence-corrected chi connectivity index (χ0v) is 15.2. The Labute approximate surface area is 149 Å².